The Labute approximate surface area is 126 Å². The molecule has 0 spiro atoms. The third-order valence-electron chi connectivity index (χ3n) is 3.78. The molecule has 1 aromatic rings. The van der Waals surface area contributed by atoms with Crippen molar-refractivity contribution < 1.29 is 0 Å². The summed E-state index contributed by atoms with van der Waals surface area (Å²) in [4.78, 5) is 2.54. The molecule has 0 saturated carbocycles. The van der Waals surface area contributed by atoms with Crippen molar-refractivity contribution in [3.63, 3.8) is 0 Å². The zero-order valence-electron chi connectivity index (χ0n) is 10.9. The van der Waals surface area contributed by atoms with Crippen LogP contribution in [0.25, 0.3) is 0 Å². The van der Waals surface area contributed by atoms with E-state index >= 15 is 0 Å². The summed E-state index contributed by atoms with van der Waals surface area (Å²) in [6.45, 7) is 6.45. The number of hydrogen-bond donors (Lipinski definition) is 1. The van der Waals surface area contributed by atoms with Crippen molar-refractivity contribution >= 4 is 31.9 Å². The number of rotatable bonds is 3. The van der Waals surface area contributed by atoms with E-state index in [0.717, 1.165) is 21.4 Å². The Kier molecular flexibility index (Phi) is 4.86. The zero-order chi connectivity index (χ0) is 13.3. The molecule has 4 heteroatoms. The third-order valence-corrected chi connectivity index (χ3v) is 5.66. The SMILES string of the molecule is CC1CC(C)N(C(CN)c2ccc(Br)c(Br)c2)C1. The van der Waals surface area contributed by atoms with E-state index in [1.807, 2.05) is 0 Å². The Hall–Kier alpha value is 0.1000. The highest BCUT2D eigenvalue weighted by Gasteiger charge is 2.31. The minimum absolute atomic E-state index is 0.328. The van der Waals surface area contributed by atoms with E-state index in [0.29, 0.717) is 18.6 Å². The molecule has 1 fully saturated rings. The molecule has 2 rings (SSSR count). The van der Waals surface area contributed by atoms with Crippen LogP contribution in [0.3, 0.4) is 0 Å². The number of halogens is 2. The van der Waals surface area contributed by atoms with Crippen molar-refractivity contribution in [3.8, 4) is 0 Å². The standard InChI is InChI=1S/C14H20Br2N2/c1-9-5-10(2)18(8-9)14(7-17)11-3-4-12(15)13(16)6-11/h3-4,6,9-10,14H,5,7-8,17H2,1-2H3. The number of hydrogen-bond acceptors (Lipinski definition) is 2. The van der Waals surface area contributed by atoms with E-state index in [-0.39, 0.29) is 0 Å². The summed E-state index contributed by atoms with van der Waals surface area (Å²) in [7, 11) is 0. The van der Waals surface area contributed by atoms with Gasteiger partial charge in [-0.05, 0) is 68.8 Å². The Morgan fingerprint density at radius 2 is 2.06 bits per heavy atom. The molecule has 1 aliphatic heterocycles. The number of nitrogens with zero attached hydrogens (tertiary/aromatic N) is 1. The highest BCUT2D eigenvalue weighted by atomic mass is 79.9. The second-order valence-corrected chi connectivity index (χ2v) is 7.02. The van der Waals surface area contributed by atoms with Gasteiger partial charge in [0.2, 0.25) is 0 Å². The van der Waals surface area contributed by atoms with Crippen molar-refractivity contribution in [2.75, 3.05) is 13.1 Å². The number of benzene rings is 1. The van der Waals surface area contributed by atoms with Crippen molar-refractivity contribution in [2.45, 2.75) is 32.4 Å². The van der Waals surface area contributed by atoms with Crippen molar-refractivity contribution in [2.24, 2.45) is 11.7 Å². The van der Waals surface area contributed by atoms with E-state index in [2.05, 4.69) is 68.8 Å². The number of nitrogens with two attached hydrogens (primary N) is 1. The van der Waals surface area contributed by atoms with Crippen LogP contribution >= 0.6 is 31.9 Å². The predicted octanol–water partition coefficient (Wildman–Crippen LogP) is 3.94. The molecule has 0 aliphatic carbocycles. The van der Waals surface area contributed by atoms with Crippen LogP contribution in [0, 0.1) is 5.92 Å². The van der Waals surface area contributed by atoms with Crippen LogP contribution in [0.5, 0.6) is 0 Å². The molecule has 1 aromatic carbocycles. The Bertz CT molecular complexity index is 422. The Balaban J connectivity index is 2.25. The predicted molar refractivity (Wildman–Crippen MR) is 83.6 cm³/mol. The van der Waals surface area contributed by atoms with Gasteiger partial charge in [-0.15, -0.1) is 0 Å². The molecule has 0 bridgehead atoms. The molecule has 18 heavy (non-hydrogen) atoms. The average molecular weight is 376 g/mol. The summed E-state index contributed by atoms with van der Waals surface area (Å²) in [6, 6.07) is 7.39. The minimum atomic E-state index is 0.328. The fourth-order valence-corrected chi connectivity index (χ4v) is 3.59. The van der Waals surface area contributed by atoms with Gasteiger partial charge >= 0.3 is 0 Å². The van der Waals surface area contributed by atoms with Gasteiger partial charge < -0.3 is 5.73 Å². The lowest BCUT2D eigenvalue weighted by Crippen LogP contribution is -2.36. The lowest BCUT2D eigenvalue weighted by molar-refractivity contribution is 0.192. The summed E-state index contributed by atoms with van der Waals surface area (Å²) in [5, 5.41) is 0. The Morgan fingerprint density at radius 1 is 1.33 bits per heavy atom. The first kappa shape index (κ1) is 14.5. The molecule has 1 heterocycles. The zero-order valence-corrected chi connectivity index (χ0v) is 14.0. The van der Waals surface area contributed by atoms with Crippen LogP contribution in [0.15, 0.2) is 27.1 Å². The lowest BCUT2D eigenvalue weighted by atomic mass is 10.0. The van der Waals surface area contributed by atoms with Crippen LogP contribution in [0.1, 0.15) is 31.9 Å². The smallest absolute Gasteiger partial charge is 0.0473 e. The summed E-state index contributed by atoms with van der Waals surface area (Å²) in [5.74, 6) is 0.771. The van der Waals surface area contributed by atoms with Gasteiger partial charge in [0.25, 0.3) is 0 Å². The van der Waals surface area contributed by atoms with Crippen LogP contribution in [0.4, 0.5) is 0 Å². The summed E-state index contributed by atoms with van der Waals surface area (Å²) >= 11 is 7.09. The fraction of sp³-hybridized carbons (Fsp3) is 0.571. The van der Waals surface area contributed by atoms with Crippen molar-refractivity contribution in [1.82, 2.24) is 4.90 Å². The second-order valence-electron chi connectivity index (χ2n) is 5.31. The van der Waals surface area contributed by atoms with Crippen LogP contribution in [0.2, 0.25) is 0 Å². The lowest BCUT2D eigenvalue weighted by Gasteiger charge is -2.31. The van der Waals surface area contributed by atoms with E-state index in [1.54, 1.807) is 0 Å². The van der Waals surface area contributed by atoms with Gasteiger partial charge in [-0.3, -0.25) is 4.90 Å². The average Bonchev–Trinajstić information content (AvgIpc) is 2.64. The molecule has 0 amide bonds. The first-order valence-electron chi connectivity index (χ1n) is 6.43. The molecule has 0 radical (unpaired) electrons. The quantitative estimate of drug-likeness (QED) is 0.866. The first-order valence-corrected chi connectivity index (χ1v) is 8.02. The normalized spacial score (nSPS) is 26.5. The molecule has 1 saturated heterocycles. The van der Waals surface area contributed by atoms with Gasteiger partial charge in [0.1, 0.15) is 0 Å². The second kappa shape index (κ2) is 6.04. The van der Waals surface area contributed by atoms with Crippen LogP contribution in [-0.4, -0.2) is 24.0 Å². The largest absolute Gasteiger partial charge is 0.329 e. The van der Waals surface area contributed by atoms with E-state index in [4.69, 9.17) is 5.73 Å². The van der Waals surface area contributed by atoms with E-state index < -0.39 is 0 Å². The number of likely N-dealkylation sites (tertiary alicyclic amines) is 1. The van der Waals surface area contributed by atoms with Gasteiger partial charge in [0.05, 0.1) is 0 Å². The van der Waals surface area contributed by atoms with Crippen LogP contribution in [-0.2, 0) is 0 Å². The maximum atomic E-state index is 6.01. The molecule has 3 unspecified atom stereocenters. The summed E-state index contributed by atoms with van der Waals surface area (Å²) < 4.78 is 2.18. The Morgan fingerprint density at radius 3 is 2.56 bits per heavy atom. The van der Waals surface area contributed by atoms with Gasteiger partial charge in [-0.1, -0.05) is 13.0 Å². The molecular weight excluding hydrogens is 356 g/mol. The third kappa shape index (κ3) is 2.98. The van der Waals surface area contributed by atoms with E-state index in [1.165, 1.54) is 12.0 Å². The maximum Gasteiger partial charge on any atom is 0.0473 e. The van der Waals surface area contributed by atoms with Crippen molar-refractivity contribution in [1.29, 1.82) is 0 Å². The fourth-order valence-electron chi connectivity index (χ4n) is 2.95. The van der Waals surface area contributed by atoms with Crippen molar-refractivity contribution in [3.05, 3.63) is 32.7 Å². The highest BCUT2D eigenvalue weighted by molar-refractivity contribution is 9.13. The molecular formula is C14H20Br2N2. The monoisotopic (exact) mass is 374 g/mol. The summed E-state index contributed by atoms with van der Waals surface area (Å²) in [5.41, 5.74) is 7.31. The molecule has 2 N–H and O–H groups in total. The molecule has 0 aromatic heterocycles. The molecule has 1 aliphatic rings. The topological polar surface area (TPSA) is 29.3 Å². The van der Waals surface area contributed by atoms with Crippen LogP contribution < -0.4 is 5.73 Å². The maximum absolute atomic E-state index is 6.01. The molecule has 2 nitrogen and oxygen atoms in total. The highest BCUT2D eigenvalue weighted by Crippen LogP contribution is 2.34. The molecule has 3 atom stereocenters. The summed E-state index contributed by atoms with van der Waals surface area (Å²) in [6.07, 6.45) is 1.27. The van der Waals surface area contributed by atoms with Gasteiger partial charge in [-0.25, -0.2) is 0 Å². The first-order chi connectivity index (χ1) is 8.52. The van der Waals surface area contributed by atoms with E-state index in [9.17, 15) is 0 Å². The minimum Gasteiger partial charge on any atom is -0.329 e. The van der Waals surface area contributed by atoms with Gasteiger partial charge in [-0.2, -0.15) is 0 Å². The molecule has 100 valence electrons. The van der Waals surface area contributed by atoms with Gasteiger partial charge in [0.15, 0.2) is 0 Å². The van der Waals surface area contributed by atoms with Gasteiger partial charge in [0, 0.05) is 34.1 Å².